The molecule has 0 aromatic heterocycles. The quantitative estimate of drug-likeness (QED) is 0.525. The maximum Gasteiger partial charge on any atom is 0.271 e. The van der Waals surface area contributed by atoms with Gasteiger partial charge >= 0.3 is 0 Å². The molecule has 0 unspecified atom stereocenters. The summed E-state index contributed by atoms with van der Waals surface area (Å²) in [5.74, 6) is 0.828. The molecule has 0 atom stereocenters. The van der Waals surface area contributed by atoms with Crippen LogP contribution in [0.2, 0.25) is 0 Å². The molecule has 5 nitrogen and oxygen atoms in total. The van der Waals surface area contributed by atoms with Crippen molar-refractivity contribution >= 4 is 22.1 Å². The van der Waals surface area contributed by atoms with Crippen molar-refractivity contribution in [3.05, 3.63) is 76.3 Å². The van der Waals surface area contributed by atoms with Crippen molar-refractivity contribution in [1.82, 2.24) is 0 Å². The van der Waals surface area contributed by atoms with Crippen LogP contribution in [0.15, 0.2) is 60.7 Å². The van der Waals surface area contributed by atoms with E-state index in [1.54, 1.807) is 6.07 Å². The lowest BCUT2D eigenvalue weighted by Gasteiger charge is -2.15. The van der Waals surface area contributed by atoms with Gasteiger partial charge in [-0.1, -0.05) is 36.4 Å². The average Bonchev–Trinajstić information content (AvgIpc) is 2.61. The summed E-state index contributed by atoms with van der Waals surface area (Å²) in [7, 11) is 0. The Morgan fingerprint density at radius 1 is 1.08 bits per heavy atom. The second-order valence-electron chi connectivity index (χ2n) is 5.36. The smallest absolute Gasteiger partial charge is 0.271 e. The van der Waals surface area contributed by atoms with Crippen LogP contribution in [0.4, 0.5) is 11.4 Å². The minimum Gasteiger partial charge on any atom is -0.494 e. The Balaban J connectivity index is 1.92. The van der Waals surface area contributed by atoms with E-state index in [0.29, 0.717) is 18.8 Å². The van der Waals surface area contributed by atoms with Gasteiger partial charge < -0.3 is 10.1 Å². The molecular formula is C19H18N2O3. The lowest BCUT2D eigenvalue weighted by atomic mass is 10.0. The number of fused-ring (bicyclic) bond motifs is 1. The van der Waals surface area contributed by atoms with E-state index in [9.17, 15) is 10.1 Å². The van der Waals surface area contributed by atoms with Gasteiger partial charge in [-0.2, -0.15) is 0 Å². The highest BCUT2D eigenvalue weighted by Gasteiger charge is 2.10. The number of benzene rings is 3. The Labute approximate surface area is 140 Å². The van der Waals surface area contributed by atoms with Gasteiger partial charge in [0.25, 0.3) is 5.69 Å². The first kappa shape index (κ1) is 15.8. The van der Waals surface area contributed by atoms with Gasteiger partial charge in [-0.3, -0.25) is 10.1 Å². The van der Waals surface area contributed by atoms with Crippen molar-refractivity contribution < 1.29 is 9.66 Å². The maximum atomic E-state index is 10.9. The third-order valence-corrected chi connectivity index (χ3v) is 3.82. The molecule has 0 saturated heterocycles. The van der Waals surface area contributed by atoms with Gasteiger partial charge in [0.1, 0.15) is 5.75 Å². The lowest BCUT2D eigenvalue weighted by Crippen LogP contribution is -2.04. The van der Waals surface area contributed by atoms with E-state index in [0.717, 1.165) is 22.1 Å². The van der Waals surface area contributed by atoms with Crippen LogP contribution in [0, 0.1) is 10.1 Å². The molecule has 0 heterocycles. The van der Waals surface area contributed by atoms with Crippen LogP contribution < -0.4 is 10.1 Å². The van der Waals surface area contributed by atoms with Crippen LogP contribution in [0.5, 0.6) is 5.75 Å². The molecule has 0 aliphatic rings. The Bertz CT molecular complexity index is 877. The summed E-state index contributed by atoms with van der Waals surface area (Å²) < 4.78 is 5.75. The molecule has 0 fully saturated rings. The summed E-state index contributed by atoms with van der Waals surface area (Å²) in [5, 5.41) is 16.4. The highest BCUT2D eigenvalue weighted by molar-refractivity contribution is 5.88. The Kier molecular flexibility index (Phi) is 4.61. The van der Waals surface area contributed by atoms with Crippen molar-refractivity contribution in [2.24, 2.45) is 0 Å². The van der Waals surface area contributed by atoms with Crippen LogP contribution in [-0.2, 0) is 6.54 Å². The zero-order valence-electron chi connectivity index (χ0n) is 13.4. The van der Waals surface area contributed by atoms with Crippen molar-refractivity contribution in [2.75, 3.05) is 11.9 Å². The summed E-state index contributed by atoms with van der Waals surface area (Å²) in [5.41, 5.74) is 1.82. The third kappa shape index (κ3) is 3.30. The summed E-state index contributed by atoms with van der Waals surface area (Å²) in [4.78, 5) is 10.5. The number of nitro benzene ring substituents is 1. The van der Waals surface area contributed by atoms with Crippen molar-refractivity contribution in [2.45, 2.75) is 13.5 Å². The fourth-order valence-corrected chi connectivity index (χ4v) is 2.71. The minimum absolute atomic E-state index is 0.0722. The summed E-state index contributed by atoms with van der Waals surface area (Å²) in [6.07, 6.45) is 0. The molecule has 0 aliphatic carbocycles. The Morgan fingerprint density at radius 2 is 1.92 bits per heavy atom. The topological polar surface area (TPSA) is 64.4 Å². The average molecular weight is 322 g/mol. The first-order valence-corrected chi connectivity index (χ1v) is 7.81. The van der Waals surface area contributed by atoms with E-state index in [-0.39, 0.29) is 5.69 Å². The molecule has 5 heteroatoms. The van der Waals surface area contributed by atoms with E-state index < -0.39 is 4.92 Å². The fourth-order valence-electron chi connectivity index (χ4n) is 2.71. The van der Waals surface area contributed by atoms with Gasteiger partial charge in [0, 0.05) is 29.9 Å². The normalized spacial score (nSPS) is 10.5. The van der Waals surface area contributed by atoms with E-state index in [1.807, 2.05) is 37.3 Å². The van der Waals surface area contributed by atoms with Crippen LogP contribution in [0.25, 0.3) is 10.8 Å². The number of nitro groups is 1. The molecule has 3 rings (SSSR count). The number of hydrogen-bond acceptors (Lipinski definition) is 4. The van der Waals surface area contributed by atoms with Crippen LogP contribution in [-0.4, -0.2) is 11.5 Å². The zero-order chi connectivity index (χ0) is 16.9. The predicted octanol–water partition coefficient (Wildman–Crippen LogP) is 4.76. The lowest BCUT2D eigenvalue weighted by molar-refractivity contribution is -0.384. The van der Waals surface area contributed by atoms with E-state index in [4.69, 9.17) is 4.74 Å². The molecule has 0 spiro atoms. The standard InChI is InChI=1S/C19H18N2O3/c1-2-24-19-11-10-14-6-3-4-9-17(14)18(19)13-20-15-7-5-8-16(12-15)21(22)23/h3-12,20H,2,13H2,1H3. The Morgan fingerprint density at radius 3 is 2.71 bits per heavy atom. The van der Waals surface area contributed by atoms with E-state index >= 15 is 0 Å². The molecule has 122 valence electrons. The second-order valence-corrected chi connectivity index (χ2v) is 5.36. The van der Waals surface area contributed by atoms with Crippen molar-refractivity contribution in [3.63, 3.8) is 0 Å². The number of nitrogens with zero attached hydrogens (tertiary/aromatic N) is 1. The number of anilines is 1. The molecule has 24 heavy (non-hydrogen) atoms. The van der Waals surface area contributed by atoms with Gasteiger partial charge in [-0.25, -0.2) is 0 Å². The van der Waals surface area contributed by atoms with Crippen LogP contribution in [0.1, 0.15) is 12.5 Å². The number of ether oxygens (including phenoxy) is 1. The molecule has 3 aromatic carbocycles. The van der Waals surface area contributed by atoms with Gasteiger partial charge in [-0.15, -0.1) is 0 Å². The van der Waals surface area contributed by atoms with Crippen LogP contribution in [0.3, 0.4) is 0 Å². The predicted molar refractivity (Wildman–Crippen MR) is 95.5 cm³/mol. The monoisotopic (exact) mass is 322 g/mol. The van der Waals surface area contributed by atoms with Gasteiger partial charge in [0.05, 0.1) is 11.5 Å². The summed E-state index contributed by atoms with van der Waals surface area (Å²) in [6.45, 7) is 3.06. The summed E-state index contributed by atoms with van der Waals surface area (Å²) in [6, 6.07) is 18.6. The number of nitrogens with one attached hydrogen (secondary N) is 1. The van der Waals surface area contributed by atoms with Gasteiger partial charge in [0.2, 0.25) is 0 Å². The Hall–Kier alpha value is -3.08. The van der Waals surface area contributed by atoms with Crippen molar-refractivity contribution in [1.29, 1.82) is 0 Å². The second kappa shape index (κ2) is 7.00. The number of hydrogen-bond donors (Lipinski definition) is 1. The summed E-state index contributed by atoms with van der Waals surface area (Å²) >= 11 is 0. The SMILES string of the molecule is CCOc1ccc2ccccc2c1CNc1cccc([N+](=O)[O-])c1. The minimum atomic E-state index is -0.394. The largest absolute Gasteiger partial charge is 0.494 e. The zero-order valence-corrected chi connectivity index (χ0v) is 13.4. The first-order chi connectivity index (χ1) is 11.7. The van der Waals surface area contributed by atoms with E-state index in [2.05, 4.69) is 17.4 Å². The molecule has 0 aliphatic heterocycles. The number of rotatable bonds is 6. The highest BCUT2D eigenvalue weighted by atomic mass is 16.6. The van der Waals surface area contributed by atoms with Crippen LogP contribution >= 0.6 is 0 Å². The highest BCUT2D eigenvalue weighted by Crippen LogP contribution is 2.29. The number of non-ortho nitro benzene ring substituents is 1. The fraction of sp³-hybridized carbons (Fsp3) is 0.158. The molecular weight excluding hydrogens is 304 g/mol. The molecule has 0 saturated carbocycles. The molecule has 3 aromatic rings. The molecule has 0 bridgehead atoms. The maximum absolute atomic E-state index is 10.9. The molecule has 1 N–H and O–H groups in total. The first-order valence-electron chi connectivity index (χ1n) is 7.81. The molecule has 0 amide bonds. The van der Waals surface area contributed by atoms with Crippen molar-refractivity contribution in [3.8, 4) is 5.75 Å². The van der Waals surface area contributed by atoms with Gasteiger partial charge in [0.15, 0.2) is 0 Å². The molecule has 0 radical (unpaired) electrons. The van der Waals surface area contributed by atoms with E-state index in [1.165, 1.54) is 12.1 Å². The van der Waals surface area contributed by atoms with Gasteiger partial charge in [-0.05, 0) is 29.8 Å². The third-order valence-electron chi connectivity index (χ3n) is 3.82.